The zero-order valence-electron chi connectivity index (χ0n) is 19.2. The number of aromatic nitrogens is 1. The smallest absolute Gasteiger partial charge is 0.521 e. The maximum atomic E-state index is 10.5. The summed E-state index contributed by atoms with van der Waals surface area (Å²) in [4.78, 5) is 26.2. The van der Waals surface area contributed by atoms with Gasteiger partial charge in [0.05, 0.1) is 5.69 Å². The predicted molar refractivity (Wildman–Crippen MR) is 130 cm³/mol. The van der Waals surface area contributed by atoms with E-state index in [1.165, 1.54) is 19.3 Å². The summed E-state index contributed by atoms with van der Waals surface area (Å²) in [7, 11) is 0. The molecule has 2 heterocycles. The van der Waals surface area contributed by atoms with E-state index in [0.717, 1.165) is 30.2 Å². The normalized spacial score (nSPS) is 11.7. The van der Waals surface area contributed by atoms with Crippen molar-refractivity contribution < 1.29 is 56.2 Å². The van der Waals surface area contributed by atoms with Gasteiger partial charge in [0.25, 0.3) is 0 Å². The fraction of sp³-hybridized carbons (Fsp3) is 0.280. The third kappa shape index (κ3) is 14.2. The van der Waals surface area contributed by atoms with Crippen molar-refractivity contribution in [3.63, 3.8) is 0 Å². The van der Waals surface area contributed by atoms with E-state index in [1.807, 2.05) is 31.2 Å². The van der Waals surface area contributed by atoms with Crippen LogP contribution in [0.15, 0.2) is 66.9 Å². The van der Waals surface area contributed by atoms with Gasteiger partial charge in [-0.1, -0.05) is 24.6 Å². The number of anilines is 1. The molecule has 1 amide bonds. The number of hydrogen-bond acceptors (Lipinski definition) is 5. The zero-order valence-corrected chi connectivity index (χ0v) is 22.4. The Morgan fingerprint density at radius 1 is 1.19 bits per heavy atom. The minimum Gasteiger partial charge on any atom is -0.521 e. The Hall–Kier alpha value is -1.90. The monoisotopic (exact) mass is 459 g/mol. The number of pyridine rings is 1. The SMILES string of the molecule is C=CC.NC=O.O=Nc1cccc(C=[C-]Cc2cccc(N3CCCCC3)n2)c1.[CH-]=C.[K+]. The van der Waals surface area contributed by atoms with Crippen LogP contribution in [0.5, 0.6) is 0 Å². The number of hydrogen-bond donors (Lipinski definition) is 1. The van der Waals surface area contributed by atoms with Crippen molar-refractivity contribution in [2.24, 2.45) is 10.9 Å². The van der Waals surface area contributed by atoms with Gasteiger partial charge in [-0.05, 0) is 49.6 Å². The number of primary amides is 1. The van der Waals surface area contributed by atoms with Gasteiger partial charge in [-0.3, -0.25) is 17.4 Å². The molecule has 0 spiro atoms. The van der Waals surface area contributed by atoms with Crippen molar-refractivity contribution in [3.05, 3.63) is 90.5 Å². The molecule has 1 aliphatic rings. The van der Waals surface area contributed by atoms with E-state index in [9.17, 15) is 4.91 Å². The van der Waals surface area contributed by atoms with E-state index < -0.39 is 0 Å². The van der Waals surface area contributed by atoms with Crippen molar-refractivity contribution in [1.29, 1.82) is 0 Å². The second kappa shape index (κ2) is 22.3. The minimum absolute atomic E-state index is 0. The Morgan fingerprint density at radius 2 is 1.78 bits per heavy atom. The first kappa shape index (κ1) is 32.3. The number of carbonyl (C=O) groups excluding carboxylic acids is 1. The molecule has 0 unspecified atom stereocenters. The standard InChI is InChI=1S/C19H20N3O.C3H6.C2H3.CH3NO.K/c23-21-18-11-5-8-16(15-18)7-4-9-17-10-6-12-19(20-17)22-13-2-1-3-14-22;1-3-2;1-2;2-1-3;/h5-8,10-12,15H,1-3,9,13-14H2;3H,1H2,2H3;1H,2H2;1H,(H2,2,3);/q-1;;-1;;+1. The number of nitroso groups, excluding NO2 is 1. The number of allylic oxidation sites excluding steroid dienone is 2. The molecule has 0 atom stereocenters. The van der Waals surface area contributed by atoms with Gasteiger partial charge in [0.1, 0.15) is 5.82 Å². The Labute approximate surface area is 235 Å². The topological polar surface area (TPSA) is 88.7 Å². The summed E-state index contributed by atoms with van der Waals surface area (Å²) in [5, 5.41) is 2.95. The zero-order chi connectivity index (χ0) is 23.3. The molecule has 32 heavy (non-hydrogen) atoms. The van der Waals surface area contributed by atoms with E-state index in [0.29, 0.717) is 12.1 Å². The molecule has 1 fully saturated rings. The number of carbonyl (C=O) groups is 1. The average Bonchev–Trinajstić information content (AvgIpc) is 2.82. The third-order valence-electron chi connectivity index (χ3n) is 4.00. The molecule has 2 N–H and O–H groups in total. The maximum Gasteiger partial charge on any atom is 1.00 e. The van der Waals surface area contributed by atoms with Crippen molar-refractivity contribution in [1.82, 2.24) is 4.98 Å². The largest absolute Gasteiger partial charge is 1.00 e. The predicted octanol–water partition coefficient (Wildman–Crippen LogP) is 2.43. The van der Waals surface area contributed by atoms with Crippen LogP contribution in [0.25, 0.3) is 6.08 Å². The van der Waals surface area contributed by atoms with E-state index in [1.54, 1.807) is 18.2 Å². The van der Waals surface area contributed by atoms with Gasteiger partial charge in [0.2, 0.25) is 6.41 Å². The molecule has 0 radical (unpaired) electrons. The van der Waals surface area contributed by atoms with E-state index in [-0.39, 0.29) is 57.8 Å². The molecule has 7 heteroatoms. The average molecular weight is 460 g/mol. The molecule has 166 valence electrons. The first-order chi connectivity index (χ1) is 15.2. The summed E-state index contributed by atoms with van der Waals surface area (Å²) < 4.78 is 0. The van der Waals surface area contributed by atoms with Gasteiger partial charge in [-0.2, -0.15) is 5.56 Å². The molecule has 1 aromatic carbocycles. The molecule has 2 aromatic rings. The minimum atomic E-state index is 0. The summed E-state index contributed by atoms with van der Waals surface area (Å²) in [6.45, 7) is 14.4. The molecule has 1 aliphatic heterocycles. The van der Waals surface area contributed by atoms with Crippen molar-refractivity contribution in [2.75, 3.05) is 18.0 Å². The van der Waals surface area contributed by atoms with Crippen LogP contribution in [0.4, 0.5) is 11.5 Å². The summed E-state index contributed by atoms with van der Waals surface area (Å²) in [5.74, 6) is 1.07. The number of nitrogens with zero attached hydrogens (tertiary/aromatic N) is 3. The molecular formula is C25H32KN4O2-. The van der Waals surface area contributed by atoms with Gasteiger partial charge in [-0.15, -0.1) is 23.6 Å². The van der Waals surface area contributed by atoms with E-state index >= 15 is 0 Å². The Balaban J connectivity index is 0. The van der Waals surface area contributed by atoms with Crippen LogP contribution in [0.1, 0.15) is 37.4 Å². The van der Waals surface area contributed by atoms with Crippen molar-refractivity contribution in [3.8, 4) is 0 Å². The number of rotatable bonds is 5. The molecule has 1 aromatic heterocycles. The number of amides is 1. The van der Waals surface area contributed by atoms with Gasteiger partial charge in [0.15, 0.2) is 0 Å². The van der Waals surface area contributed by atoms with Crippen LogP contribution in [-0.2, 0) is 11.2 Å². The number of nitrogens with two attached hydrogens (primary N) is 1. The maximum absolute atomic E-state index is 10.5. The summed E-state index contributed by atoms with van der Waals surface area (Å²) in [6.07, 6.45) is 11.6. The van der Waals surface area contributed by atoms with Gasteiger partial charge in [0, 0.05) is 18.8 Å². The fourth-order valence-corrected chi connectivity index (χ4v) is 2.81. The molecule has 3 rings (SSSR count). The first-order valence-corrected chi connectivity index (χ1v) is 10.0. The second-order valence-corrected chi connectivity index (χ2v) is 6.29. The molecule has 1 saturated heterocycles. The van der Waals surface area contributed by atoms with Crippen LogP contribution in [0, 0.1) is 17.6 Å². The third-order valence-corrected chi connectivity index (χ3v) is 4.00. The molecule has 6 nitrogen and oxygen atoms in total. The molecule has 0 aliphatic carbocycles. The van der Waals surface area contributed by atoms with E-state index in [2.05, 4.69) is 53.8 Å². The second-order valence-electron chi connectivity index (χ2n) is 6.29. The van der Waals surface area contributed by atoms with Crippen LogP contribution >= 0.6 is 0 Å². The summed E-state index contributed by atoms with van der Waals surface area (Å²) >= 11 is 0. The molecule has 0 bridgehead atoms. The summed E-state index contributed by atoms with van der Waals surface area (Å²) in [5.41, 5.74) is 6.54. The number of benzene rings is 1. The Kier molecular flexibility index (Phi) is 22.5. The van der Waals surface area contributed by atoms with Crippen LogP contribution in [-0.4, -0.2) is 24.5 Å². The van der Waals surface area contributed by atoms with Crippen molar-refractivity contribution >= 4 is 24.0 Å². The van der Waals surface area contributed by atoms with Gasteiger partial charge in [-0.25, -0.2) is 11.1 Å². The number of piperidine rings is 1. The van der Waals surface area contributed by atoms with Crippen molar-refractivity contribution in [2.45, 2.75) is 32.6 Å². The van der Waals surface area contributed by atoms with Gasteiger partial charge >= 0.3 is 51.4 Å². The molecular weight excluding hydrogens is 427 g/mol. The summed E-state index contributed by atoms with van der Waals surface area (Å²) in [6, 6.07) is 13.4. The molecule has 0 saturated carbocycles. The quantitative estimate of drug-likeness (QED) is 0.245. The van der Waals surface area contributed by atoms with Crippen LogP contribution < -0.4 is 62.0 Å². The Bertz CT molecular complexity index is 800. The van der Waals surface area contributed by atoms with E-state index in [4.69, 9.17) is 9.78 Å². The first-order valence-electron chi connectivity index (χ1n) is 10.0. The fourth-order valence-electron chi connectivity index (χ4n) is 2.81. The van der Waals surface area contributed by atoms with Crippen LogP contribution in [0.3, 0.4) is 0 Å². The Morgan fingerprint density at radius 3 is 2.38 bits per heavy atom. The van der Waals surface area contributed by atoms with Gasteiger partial charge < -0.3 is 17.2 Å². The van der Waals surface area contributed by atoms with Crippen LogP contribution in [0.2, 0.25) is 0 Å².